The second kappa shape index (κ2) is 7.88. The molecule has 1 aromatic carbocycles. The van der Waals surface area contributed by atoms with E-state index in [1.54, 1.807) is 13.2 Å². The van der Waals surface area contributed by atoms with Crippen LogP contribution >= 0.6 is 0 Å². The van der Waals surface area contributed by atoms with Gasteiger partial charge in [0, 0.05) is 20.3 Å². The number of para-hydroxylation sites is 1. The normalized spacial score (nSPS) is 16.8. The van der Waals surface area contributed by atoms with Crippen LogP contribution in [0.1, 0.15) is 18.4 Å². The van der Waals surface area contributed by atoms with Gasteiger partial charge in [-0.1, -0.05) is 12.1 Å². The van der Waals surface area contributed by atoms with Gasteiger partial charge >= 0.3 is 0 Å². The van der Waals surface area contributed by atoms with E-state index < -0.39 is 0 Å². The highest BCUT2D eigenvalue weighted by Crippen LogP contribution is 2.18. The van der Waals surface area contributed by atoms with Crippen LogP contribution in [-0.4, -0.2) is 44.9 Å². The topological polar surface area (TPSA) is 45.5 Å². The highest BCUT2D eigenvalue weighted by molar-refractivity contribution is 5.42. The molecule has 1 aliphatic heterocycles. The summed E-state index contributed by atoms with van der Waals surface area (Å²) in [6.07, 6.45) is 2.39. The Bertz CT molecular complexity index is 448. The van der Waals surface area contributed by atoms with Gasteiger partial charge in [-0.3, -0.25) is 4.90 Å². The van der Waals surface area contributed by atoms with Gasteiger partial charge in [-0.15, -0.1) is 0 Å². The van der Waals surface area contributed by atoms with E-state index >= 15 is 0 Å². The third kappa shape index (κ3) is 4.22. The highest BCUT2D eigenvalue weighted by atomic mass is 16.5. The molecule has 0 radical (unpaired) electrons. The maximum atomic E-state index is 8.99. The van der Waals surface area contributed by atoms with E-state index in [1.807, 2.05) is 18.2 Å². The van der Waals surface area contributed by atoms with Gasteiger partial charge in [0.2, 0.25) is 0 Å². The van der Waals surface area contributed by atoms with Crippen molar-refractivity contribution in [1.29, 1.82) is 5.26 Å². The fourth-order valence-electron chi connectivity index (χ4n) is 2.58. The molecule has 0 bridgehead atoms. The molecular weight excluding hydrogens is 252 g/mol. The minimum absolute atomic E-state index is 0.603. The molecule has 1 heterocycles. The number of piperidine rings is 1. The van der Waals surface area contributed by atoms with Crippen molar-refractivity contribution in [3.8, 4) is 11.8 Å². The van der Waals surface area contributed by atoms with E-state index in [4.69, 9.17) is 14.7 Å². The lowest BCUT2D eigenvalue weighted by molar-refractivity contribution is 0.0928. The van der Waals surface area contributed by atoms with Crippen LogP contribution in [0.15, 0.2) is 24.3 Å². The van der Waals surface area contributed by atoms with E-state index in [9.17, 15) is 0 Å². The maximum absolute atomic E-state index is 8.99. The van der Waals surface area contributed by atoms with Crippen LogP contribution in [-0.2, 0) is 4.74 Å². The summed E-state index contributed by atoms with van der Waals surface area (Å²) in [5, 5.41) is 8.99. The molecule has 0 aromatic heterocycles. The molecule has 0 aliphatic carbocycles. The highest BCUT2D eigenvalue weighted by Gasteiger charge is 2.18. The molecule has 20 heavy (non-hydrogen) atoms. The summed E-state index contributed by atoms with van der Waals surface area (Å²) in [7, 11) is 1.77. The van der Waals surface area contributed by atoms with E-state index in [-0.39, 0.29) is 0 Å². The zero-order valence-electron chi connectivity index (χ0n) is 12.0. The number of benzene rings is 1. The Labute approximate surface area is 120 Å². The summed E-state index contributed by atoms with van der Waals surface area (Å²) in [6.45, 7) is 4.64. The minimum atomic E-state index is 0.603. The fraction of sp³-hybridized carbons (Fsp3) is 0.562. The lowest BCUT2D eigenvalue weighted by atomic mass is 9.98. The first-order chi connectivity index (χ1) is 9.83. The van der Waals surface area contributed by atoms with Gasteiger partial charge in [0.25, 0.3) is 0 Å². The molecule has 1 fully saturated rings. The largest absolute Gasteiger partial charge is 0.491 e. The van der Waals surface area contributed by atoms with Gasteiger partial charge in [-0.05, 0) is 44.0 Å². The monoisotopic (exact) mass is 274 g/mol. The van der Waals surface area contributed by atoms with E-state index in [2.05, 4.69) is 11.0 Å². The van der Waals surface area contributed by atoms with E-state index in [0.29, 0.717) is 23.8 Å². The van der Waals surface area contributed by atoms with Crippen LogP contribution in [0.2, 0.25) is 0 Å². The molecule has 0 saturated carbocycles. The molecule has 0 spiro atoms. The fourth-order valence-corrected chi connectivity index (χ4v) is 2.58. The predicted octanol–water partition coefficient (Wildman–Crippen LogP) is 2.30. The first-order valence-electron chi connectivity index (χ1n) is 7.16. The van der Waals surface area contributed by atoms with Crippen LogP contribution in [0.4, 0.5) is 0 Å². The minimum Gasteiger partial charge on any atom is -0.491 e. The molecule has 0 unspecified atom stereocenters. The lowest BCUT2D eigenvalue weighted by Crippen LogP contribution is -2.37. The van der Waals surface area contributed by atoms with Gasteiger partial charge in [-0.2, -0.15) is 5.26 Å². The molecule has 0 atom stereocenters. The standard InChI is InChI=1S/C16H22N2O2/c1-19-13-14-6-8-18(9-7-14)10-11-20-16-5-3-2-4-15(16)12-17/h2-5,14H,6-11,13H2,1H3. The number of likely N-dealkylation sites (tertiary alicyclic amines) is 1. The maximum Gasteiger partial charge on any atom is 0.137 e. The Morgan fingerprint density at radius 1 is 1.30 bits per heavy atom. The second-order valence-electron chi connectivity index (χ2n) is 5.20. The SMILES string of the molecule is COCC1CCN(CCOc2ccccc2C#N)CC1. The number of nitriles is 1. The van der Waals surface area contributed by atoms with Gasteiger partial charge in [0.15, 0.2) is 0 Å². The zero-order chi connectivity index (χ0) is 14.2. The van der Waals surface area contributed by atoms with Crippen molar-refractivity contribution >= 4 is 0 Å². The third-order valence-electron chi connectivity index (χ3n) is 3.78. The van der Waals surface area contributed by atoms with Crippen molar-refractivity contribution in [2.75, 3.05) is 40.0 Å². The smallest absolute Gasteiger partial charge is 0.137 e. The number of methoxy groups -OCH3 is 1. The molecule has 2 rings (SSSR count). The number of ether oxygens (including phenoxy) is 2. The van der Waals surface area contributed by atoms with Gasteiger partial charge < -0.3 is 9.47 Å². The third-order valence-corrected chi connectivity index (χ3v) is 3.78. The van der Waals surface area contributed by atoms with Gasteiger partial charge in [0.1, 0.15) is 18.4 Å². The second-order valence-corrected chi connectivity index (χ2v) is 5.20. The first kappa shape index (κ1) is 14.8. The zero-order valence-corrected chi connectivity index (χ0v) is 12.0. The quantitative estimate of drug-likeness (QED) is 0.798. The summed E-state index contributed by atoms with van der Waals surface area (Å²) in [5.41, 5.74) is 0.603. The molecule has 1 saturated heterocycles. The average Bonchev–Trinajstić information content (AvgIpc) is 2.50. The number of rotatable bonds is 6. The van der Waals surface area contributed by atoms with E-state index in [0.717, 1.165) is 26.2 Å². The molecule has 1 aliphatic rings. The van der Waals surface area contributed by atoms with Crippen LogP contribution < -0.4 is 4.74 Å². The number of hydrogen-bond donors (Lipinski definition) is 0. The Kier molecular flexibility index (Phi) is 5.85. The van der Waals surface area contributed by atoms with Crippen molar-refractivity contribution in [2.45, 2.75) is 12.8 Å². The van der Waals surface area contributed by atoms with Crippen molar-refractivity contribution in [2.24, 2.45) is 5.92 Å². The Balaban J connectivity index is 1.71. The Hall–Kier alpha value is -1.57. The van der Waals surface area contributed by atoms with Gasteiger partial charge in [0.05, 0.1) is 5.56 Å². The summed E-state index contributed by atoms with van der Waals surface area (Å²) < 4.78 is 10.9. The molecule has 1 aromatic rings. The average molecular weight is 274 g/mol. The van der Waals surface area contributed by atoms with Crippen LogP contribution in [0.3, 0.4) is 0 Å². The summed E-state index contributed by atoms with van der Waals surface area (Å²) in [6, 6.07) is 9.53. The van der Waals surface area contributed by atoms with Crippen LogP contribution in [0.5, 0.6) is 5.75 Å². The molecule has 4 heteroatoms. The van der Waals surface area contributed by atoms with E-state index in [1.165, 1.54) is 12.8 Å². The van der Waals surface area contributed by atoms with Crippen LogP contribution in [0.25, 0.3) is 0 Å². The summed E-state index contributed by atoms with van der Waals surface area (Å²) in [5.74, 6) is 1.39. The first-order valence-corrected chi connectivity index (χ1v) is 7.16. The van der Waals surface area contributed by atoms with Crippen molar-refractivity contribution in [3.05, 3.63) is 29.8 Å². The number of nitrogens with zero attached hydrogens (tertiary/aromatic N) is 2. The van der Waals surface area contributed by atoms with Crippen molar-refractivity contribution in [3.63, 3.8) is 0 Å². The Morgan fingerprint density at radius 3 is 2.75 bits per heavy atom. The van der Waals surface area contributed by atoms with Crippen LogP contribution in [0, 0.1) is 17.2 Å². The lowest BCUT2D eigenvalue weighted by Gasteiger charge is -2.31. The molecule has 4 nitrogen and oxygen atoms in total. The molecule has 108 valence electrons. The number of hydrogen-bond acceptors (Lipinski definition) is 4. The molecule has 0 N–H and O–H groups in total. The van der Waals surface area contributed by atoms with Crippen molar-refractivity contribution < 1.29 is 9.47 Å². The van der Waals surface area contributed by atoms with Gasteiger partial charge in [-0.25, -0.2) is 0 Å². The Morgan fingerprint density at radius 2 is 2.05 bits per heavy atom. The molecular formula is C16H22N2O2. The summed E-state index contributed by atoms with van der Waals surface area (Å²) >= 11 is 0. The van der Waals surface area contributed by atoms with Crippen molar-refractivity contribution in [1.82, 2.24) is 4.90 Å². The molecule has 0 amide bonds. The summed E-state index contributed by atoms with van der Waals surface area (Å²) in [4.78, 5) is 2.42. The predicted molar refractivity (Wildman–Crippen MR) is 77.7 cm³/mol.